The standard InChI is InChI=1S/C17H22N6O2.C15H16ClN5O2/c1-4-25-16-20-14(18)13-15(21-16)23(17(24)19-13)10-12-7-5-11(6-8-12)9-22(2)3;1-2-23-14-19-12(17)11-13(20-14)21(15(22)18-11)8-10-5-3-9(7-16)4-6-10/h5-8H,4,9-10H2,1-3H3,(H,19,24)(H2,18,20,21);3-6H,2,7-8H2,1H3,(H,18,22)(H2,17,19,20). The number of H-pyrrole nitrogens is 2. The minimum Gasteiger partial charge on any atom is -0.464 e. The molecule has 0 spiro atoms. The second-order valence-electron chi connectivity index (χ2n) is 11.1. The number of rotatable bonds is 11. The van der Waals surface area contributed by atoms with E-state index >= 15 is 0 Å². The molecule has 16 heteroatoms. The van der Waals surface area contributed by atoms with Gasteiger partial charge in [-0.3, -0.25) is 9.13 Å². The zero-order valence-corrected chi connectivity index (χ0v) is 27.9. The van der Waals surface area contributed by atoms with Gasteiger partial charge in [0.05, 0.1) is 26.3 Å². The Morgan fingerprint density at radius 1 is 0.688 bits per heavy atom. The Hall–Kier alpha value is -5.41. The summed E-state index contributed by atoms with van der Waals surface area (Å²) in [4.78, 5) is 48.7. The summed E-state index contributed by atoms with van der Waals surface area (Å²) in [7, 11) is 4.05. The first-order chi connectivity index (χ1) is 23.1. The van der Waals surface area contributed by atoms with Crippen molar-refractivity contribution in [1.29, 1.82) is 0 Å². The predicted octanol–water partition coefficient (Wildman–Crippen LogP) is 3.10. The van der Waals surface area contributed by atoms with E-state index in [0.29, 0.717) is 54.5 Å². The number of aromatic nitrogens is 8. The Morgan fingerprint density at radius 2 is 1.08 bits per heavy atom. The number of hydrogen-bond donors (Lipinski definition) is 4. The van der Waals surface area contributed by atoms with Gasteiger partial charge in [-0.2, -0.15) is 19.9 Å². The normalized spacial score (nSPS) is 11.2. The van der Waals surface area contributed by atoms with Crippen LogP contribution in [-0.4, -0.2) is 71.2 Å². The Morgan fingerprint density at radius 3 is 1.46 bits per heavy atom. The van der Waals surface area contributed by atoms with Crippen LogP contribution in [0.25, 0.3) is 22.3 Å². The van der Waals surface area contributed by atoms with E-state index in [1.54, 1.807) is 0 Å². The SMILES string of the molecule is CCOc1nc(N)c2[nH]c(=O)n(Cc3ccc(CCl)cc3)c2n1.CCOc1nc(N)c2[nH]c(=O)n(Cc3ccc(CN(C)C)cc3)c2n1. The third kappa shape index (κ3) is 7.75. The first-order valence-electron chi connectivity index (χ1n) is 15.2. The van der Waals surface area contributed by atoms with Crippen LogP contribution in [0.4, 0.5) is 11.6 Å². The molecule has 0 saturated heterocycles. The van der Waals surface area contributed by atoms with E-state index in [4.69, 9.17) is 32.5 Å². The average molecular weight is 676 g/mol. The average Bonchev–Trinajstić information content (AvgIpc) is 3.54. The van der Waals surface area contributed by atoms with E-state index < -0.39 is 0 Å². The van der Waals surface area contributed by atoms with E-state index in [9.17, 15) is 9.59 Å². The van der Waals surface area contributed by atoms with E-state index in [-0.39, 0.29) is 35.0 Å². The molecule has 48 heavy (non-hydrogen) atoms. The van der Waals surface area contributed by atoms with Crippen LogP contribution in [-0.2, 0) is 25.5 Å². The predicted molar refractivity (Wildman–Crippen MR) is 185 cm³/mol. The van der Waals surface area contributed by atoms with Crippen LogP contribution in [0.2, 0.25) is 0 Å². The van der Waals surface area contributed by atoms with E-state index in [1.807, 2.05) is 64.3 Å². The number of imidazole rings is 2. The molecule has 6 rings (SSSR count). The fourth-order valence-electron chi connectivity index (χ4n) is 4.96. The molecule has 6 aromatic rings. The molecular weight excluding hydrogens is 638 g/mol. The Bertz CT molecular complexity index is 2120. The van der Waals surface area contributed by atoms with Gasteiger partial charge in [-0.05, 0) is 50.2 Å². The van der Waals surface area contributed by atoms with Gasteiger partial charge in [-0.1, -0.05) is 48.5 Å². The maximum Gasteiger partial charge on any atom is 0.328 e. The van der Waals surface area contributed by atoms with Gasteiger partial charge in [0.2, 0.25) is 0 Å². The molecule has 0 aliphatic carbocycles. The number of nitrogens with zero attached hydrogens (tertiary/aromatic N) is 7. The van der Waals surface area contributed by atoms with Crippen LogP contribution >= 0.6 is 11.6 Å². The number of aromatic amines is 2. The molecule has 0 aliphatic heterocycles. The van der Waals surface area contributed by atoms with Crippen molar-refractivity contribution in [3.63, 3.8) is 0 Å². The monoisotopic (exact) mass is 675 g/mol. The van der Waals surface area contributed by atoms with Gasteiger partial charge in [0, 0.05) is 12.4 Å². The maximum atomic E-state index is 12.3. The van der Waals surface area contributed by atoms with Crippen LogP contribution in [0.15, 0.2) is 58.1 Å². The van der Waals surface area contributed by atoms with Crippen LogP contribution in [0.3, 0.4) is 0 Å². The van der Waals surface area contributed by atoms with Crippen molar-refractivity contribution in [2.75, 3.05) is 38.8 Å². The molecule has 0 aliphatic rings. The van der Waals surface area contributed by atoms with Gasteiger partial charge >= 0.3 is 23.4 Å². The smallest absolute Gasteiger partial charge is 0.328 e. The number of nitrogens with two attached hydrogens (primary N) is 2. The largest absolute Gasteiger partial charge is 0.464 e. The molecular formula is C32H38ClN11O4. The van der Waals surface area contributed by atoms with Gasteiger partial charge in [0.1, 0.15) is 11.0 Å². The lowest BCUT2D eigenvalue weighted by molar-refractivity contribution is 0.314. The number of ether oxygens (including phenoxy) is 2. The summed E-state index contributed by atoms with van der Waals surface area (Å²) in [5.41, 5.74) is 17.1. The maximum absolute atomic E-state index is 12.3. The highest BCUT2D eigenvalue weighted by Gasteiger charge is 2.16. The molecule has 0 amide bonds. The molecule has 0 atom stereocenters. The first kappa shape index (κ1) is 33.9. The number of nitrogens with one attached hydrogen (secondary N) is 2. The summed E-state index contributed by atoms with van der Waals surface area (Å²) < 4.78 is 13.7. The molecule has 0 unspecified atom stereocenters. The van der Waals surface area contributed by atoms with Crippen molar-refractivity contribution in [2.24, 2.45) is 0 Å². The fraction of sp³-hybridized carbons (Fsp3) is 0.312. The summed E-state index contributed by atoms with van der Waals surface area (Å²) in [6, 6.07) is 16.2. The summed E-state index contributed by atoms with van der Waals surface area (Å²) in [6.07, 6.45) is 0. The van der Waals surface area contributed by atoms with Crippen molar-refractivity contribution in [2.45, 2.75) is 39.4 Å². The molecule has 4 heterocycles. The molecule has 4 aromatic heterocycles. The molecule has 0 saturated carbocycles. The third-order valence-corrected chi connectivity index (χ3v) is 7.50. The van der Waals surface area contributed by atoms with E-state index in [2.05, 4.69) is 46.9 Å². The summed E-state index contributed by atoms with van der Waals surface area (Å²) in [5, 5.41) is 0. The Balaban J connectivity index is 0.000000188. The number of alkyl halides is 1. The summed E-state index contributed by atoms with van der Waals surface area (Å²) in [5.74, 6) is 0.840. The van der Waals surface area contributed by atoms with Crippen molar-refractivity contribution >= 4 is 45.6 Å². The highest BCUT2D eigenvalue weighted by molar-refractivity contribution is 6.17. The molecule has 252 valence electrons. The minimum atomic E-state index is -0.295. The van der Waals surface area contributed by atoms with Crippen molar-refractivity contribution in [1.82, 2.24) is 43.9 Å². The molecule has 15 nitrogen and oxygen atoms in total. The second kappa shape index (κ2) is 15.0. The number of halogens is 1. The van der Waals surface area contributed by atoms with Gasteiger partial charge in [-0.15, -0.1) is 11.6 Å². The van der Waals surface area contributed by atoms with Crippen LogP contribution < -0.4 is 32.3 Å². The Kier molecular flexibility index (Phi) is 10.6. The highest BCUT2D eigenvalue weighted by atomic mass is 35.5. The molecule has 2 aromatic carbocycles. The molecule has 6 N–H and O–H groups in total. The van der Waals surface area contributed by atoms with Gasteiger partial charge in [0.15, 0.2) is 22.9 Å². The minimum absolute atomic E-state index is 0.155. The van der Waals surface area contributed by atoms with E-state index in [0.717, 1.165) is 23.2 Å². The first-order valence-corrected chi connectivity index (χ1v) is 15.8. The van der Waals surface area contributed by atoms with Gasteiger partial charge in [0.25, 0.3) is 0 Å². The van der Waals surface area contributed by atoms with Crippen LogP contribution in [0.1, 0.15) is 36.1 Å². The number of benzene rings is 2. The van der Waals surface area contributed by atoms with Crippen molar-refractivity contribution in [3.05, 3.63) is 91.8 Å². The number of nitrogen functional groups attached to an aromatic ring is 2. The second-order valence-corrected chi connectivity index (χ2v) is 11.4. The lowest BCUT2D eigenvalue weighted by atomic mass is 10.1. The van der Waals surface area contributed by atoms with Gasteiger partial charge < -0.3 is 35.8 Å². The summed E-state index contributed by atoms with van der Waals surface area (Å²) >= 11 is 5.78. The fourth-order valence-corrected chi connectivity index (χ4v) is 5.13. The highest BCUT2D eigenvalue weighted by Crippen LogP contribution is 2.20. The lowest BCUT2D eigenvalue weighted by Gasteiger charge is -2.10. The van der Waals surface area contributed by atoms with Crippen molar-refractivity contribution < 1.29 is 9.47 Å². The lowest BCUT2D eigenvalue weighted by Crippen LogP contribution is -2.18. The number of fused-ring (bicyclic) bond motifs is 2. The van der Waals surface area contributed by atoms with Crippen molar-refractivity contribution in [3.8, 4) is 12.0 Å². The third-order valence-electron chi connectivity index (χ3n) is 7.19. The molecule has 0 radical (unpaired) electrons. The van der Waals surface area contributed by atoms with Gasteiger partial charge in [-0.25, -0.2) is 9.59 Å². The van der Waals surface area contributed by atoms with E-state index in [1.165, 1.54) is 14.7 Å². The zero-order chi connectivity index (χ0) is 34.4. The summed E-state index contributed by atoms with van der Waals surface area (Å²) in [6.45, 7) is 6.13. The molecule has 0 bridgehead atoms. The number of anilines is 2. The topological polar surface area (TPSA) is 201 Å². The van der Waals surface area contributed by atoms with Crippen LogP contribution in [0.5, 0.6) is 12.0 Å². The van der Waals surface area contributed by atoms with Crippen LogP contribution in [0, 0.1) is 0 Å². The molecule has 0 fully saturated rings. The Labute approximate surface area is 280 Å². The quantitative estimate of drug-likeness (QED) is 0.147. The zero-order valence-electron chi connectivity index (χ0n) is 27.2. The number of hydrogen-bond acceptors (Lipinski definition) is 11.